The largest absolute Gasteiger partial charge is 0.486 e. The number of thiazole rings is 1. The fourth-order valence-corrected chi connectivity index (χ4v) is 4.03. The first kappa shape index (κ1) is 20.8. The number of H-pyrrole nitrogens is 1. The van der Waals surface area contributed by atoms with Gasteiger partial charge in [-0.15, -0.1) is 11.3 Å². The number of nitrogens with zero attached hydrogens (tertiary/aromatic N) is 2. The van der Waals surface area contributed by atoms with Crippen LogP contribution in [0.4, 0.5) is 4.39 Å². The average molecular weight is 441 g/mol. The molecular formula is C22H20FN3O4S. The highest BCUT2D eigenvalue weighted by molar-refractivity contribution is 7.13. The van der Waals surface area contributed by atoms with Crippen molar-refractivity contribution in [3.63, 3.8) is 0 Å². The number of rotatable bonds is 8. The molecule has 0 spiro atoms. The van der Waals surface area contributed by atoms with Crippen LogP contribution in [-0.4, -0.2) is 27.1 Å². The molecule has 160 valence electrons. The van der Waals surface area contributed by atoms with Gasteiger partial charge in [0.2, 0.25) is 0 Å². The summed E-state index contributed by atoms with van der Waals surface area (Å²) in [4.78, 5) is 32.1. The third-order valence-electron chi connectivity index (χ3n) is 4.64. The molecular weight excluding hydrogens is 421 g/mol. The summed E-state index contributed by atoms with van der Waals surface area (Å²) in [5, 5.41) is 0.624. The SMILES string of the molecule is Cc1nc(COc2ccc(F)cc2)sc1C(=O)OCCCn1c(=O)[nH]c2ccccc21. The maximum absolute atomic E-state index is 13.0. The van der Waals surface area contributed by atoms with Gasteiger partial charge in [-0.3, -0.25) is 4.57 Å². The van der Waals surface area contributed by atoms with Crippen LogP contribution in [0.25, 0.3) is 11.0 Å². The Labute approximate surface area is 181 Å². The summed E-state index contributed by atoms with van der Waals surface area (Å²) in [5.74, 6) is -0.266. The Bertz CT molecular complexity index is 1260. The van der Waals surface area contributed by atoms with Crippen LogP contribution in [0.3, 0.4) is 0 Å². The lowest BCUT2D eigenvalue weighted by atomic mass is 10.3. The number of hydrogen-bond donors (Lipinski definition) is 1. The number of esters is 1. The van der Waals surface area contributed by atoms with E-state index >= 15 is 0 Å². The second-order valence-electron chi connectivity index (χ2n) is 6.85. The maximum Gasteiger partial charge on any atom is 0.350 e. The zero-order chi connectivity index (χ0) is 21.8. The molecule has 2 aromatic carbocycles. The van der Waals surface area contributed by atoms with Crippen molar-refractivity contribution in [2.45, 2.75) is 26.5 Å². The van der Waals surface area contributed by atoms with Gasteiger partial charge in [-0.05, 0) is 49.7 Å². The van der Waals surface area contributed by atoms with E-state index in [1.54, 1.807) is 11.5 Å². The standard InChI is InChI=1S/C22H20FN3O4S/c1-14-20(31-19(24-14)13-30-16-9-7-15(23)8-10-16)21(27)29-12-4-11-26-18-6-3-2-5-17(18)25-22(26)28/h2-3,5-10H,4,11-13H2,1H3,(H,25,28). The van der Waals surface area contributed by atoms with Gasteiger partial charge < -0.3 is 14.5 Å². The summed E-state index contributed by atoms with van der Waals surface area (Å²) in [5.41, 5.74) is 1.99. The number of halogens is 1. The molecule has 9 heteroatoms. The van der Waals surface area contributed by atoms with Crippen molar-refractivity contribution >= 4 is 28.3 Å². The van der Waals surface area contributed by atoms with Gasteiger partial charge in [-0.25, -0.2) is 19.0 Å². The molecule has 0 aliphatic heterocycles. The molecule has 0 fully saturated rings. The van der Waals surface area contributed by atoms with Gasteiger partial charge in [0.05, 0.1) is 23.3 Å². The van der Waals surface area contributed by atoms with E-state index in [9.17, 15) is 14.0 Å². The minimum absolute atomic E-state index is 0.175. The predicted molar refractivity (Wildman–Crippen MR) is 115 cm³/mol. The second-order valence-corrected chi connectivity index (χ2v) is 7.94. The molecule has 1 N–H and O–H groups in total. The smallest absolute Gasteiger partial charge is 0.350 e. The van der Waals surface area contributed by atoms with Crippen LogP contribution in [0.5, 0.6) is 5.75 Å². The monoisotopic (exact) mass is 441 g/mol. The molecule has 0 aliphatic rings. The van der Waals surface area contributed by atoms with E-state index in [2.05, 4.69) is 9.97 Å². The second kappa shape index (κ2) is 9.13. The Morgan fingerprint density at radius 1 is 1.19 bits per heavy atom. The molecule has 4 aromatic rings. The molecule has 7 nitrogen and oxygen atoms in total. The van der Waals surface area contributed by atoms with Gasteiger partial charge in [0.1, 0.15) is 28.1 Å². The molecule has 2 aromatic heterocycles. The number of imidazole rings is 1. The van der Waals surface area contributed by atoms with Crippen molar-refractivity contribution in [2.24, 2.45) is 0 Å². The fourth-order valence-electron chi connectivity index (χ4n) is 3.16. The Kier molecular flexibility index (Phi) is 6.13. The Morgan fingerprint density at radius 3 is 2.77 bits per heavy atom. The number of aryl methyl sites for hydroxylation is 2. The lowest BCUT2D eigenvalue weighted by Crippen LogP contribution is -2.18. The number of hydrogen-bond acceptors (Lipinski definition) is 6. The lowest BCUT2D eigenvalue weighted by Gasteiger charge is -2.05. The van der Waals surface area contributed by atoms with E-state index in [0.717, 1.165) is 11.0 Å². The summed E-state index contributed by atoms with van der Waals surface area (Å²) in [6, 6.07) is 13.1. The molecule has 0 atom stereocenters. The molecule has 0 aliphatic carbocycles. The highest BCUT2D eigenvalue weighted by Crippen LogP contribution is 2.21. The molecule has 0 saturated heterocycles. The number of nitrogens with one attached hydrogen (secondary N) is 1. The lowest BCUT2D eigenvalue weighted by molar-refractivity contribution is 0.0500. The van der Waals surface area contributed by atoms with Crippen molar-refractivity contribution in [1.82, 2.24) is 14.5 Å². The summed E-state index contributed by atoms with van der Waals surface area (Å²) in [7, 11) is 0. The van der Waals surface area contributed by atoms with Crippen LogP contribution in [0, 0.1) is 12.7 Å². The third kappa shape index (κ3) is 4.83. The number of fused-ring (bicyclic) bond motifs is 1. The van der Waals surface area contributed by atoms with E-state index in [1.165, 1.54) is 35.6 Å². The number of para-hydroxylation sites is 2. The van der Waals surface area contributed by atoms with E-state index < -0.39 is 5.97 Å². The first-order valence-corrected chi connectivity index (χ1v) is 10.5. The van der Waals surface area contributed by atoms with Gasteiger partial charge in [0, 0.05) is 6.54 Å². The number of benzene rings is 2. The van der Waals surface area contributed by atoms with Gasteiger partial charge in [0.15, 0.2) is 0 Å². The minimum Gasteiger partial charge on any atom is -0.486 e. The van der Waals surface area contributed by atoms with Gasteiger partial charge in [0.25, 0.3) is 0 Å². The zero-order valence-electron chi connectivity index (χ0n) is 16.8. The van der Waals surface area contributed by atoms with Gasteiger partial charge in [-0.2, -0.15) is 0 Å². The first-order valence-electron chi connectivity index (χ1n) is 9.70. The normalized spacial score (nSPS) is 11.0. The molecule has 0 amide bonds. The Hall–Kier alpha value is -3.46. The average Bonchev–Trinajstić information content (AvgIpc) is 3.29. The van der Waals surface area contributed by atoms with E-state index in [4.69, 9.17) is 9.47 Å². The number of ether oxygens (including phenoxy) is 2. The Morgan fingerprint density at radius 2 is 1.97 bits per heavy atom. The van der Waals surface area contributed by atoms with Crippen molar-refractivity contribution in [3.8, 4) is 5.75 Å². The van der Waals surface area contributed by atoms with Crippen LogP contribution in [-0.2, 0) is 17.9 Å². The topological polar surface area (TPSA) is 86.2 Å². The first-order chi connectivity index (χ1) is 15.0. The molecule has 0 radical (unpaired) electrons. The van der Waals surface area contributed by atoms with Crippen LogP contribution in [0.1, 0.15) is 26.8 Å². The third-order valence-corrected chi connectivity index (χ3v) is 5.75. The summed E-state index contributed by atoms with van der Waals surface area (Å²) in [6.45, 7) is 2.53. The Balaban J connectivity index is 1.30. The number of carbonyl (C=O) groups excluding carboxylic acids is 1. The van der Waals surface area contributed by atoms with E-state index in [0.29, 0.717) is 34.3 Å². The van der Waals surface area contributed by atoms with E-state index in [1.807, 2.05) is 24.3 Å². The van der Waals surface area contributed by atoms with Gasteiger partial charge >= 0.3 is 11.7 Å². The van der Waals surface area contributed by atoms with Crippen molar-refractivity contribution < 1.29 is 18.7 Å². The molecule has 0 unspecified atom stereocenters. The quantitative estimate of drug-likeness (QED) is 0.329. The minimum atomic E-state index is -0.450. The molecule has 0 saturated carbocycles. The molecule has 4 rings (SSSR count). The summed E-state index contributed by atoms with van der Waals surface area (Å²) in [6.07, 6.45) is 0.506. The molecule has 0 bridgehead atoms. The summed E-state index contributed by atoms with van der Waals surface area (Å²) >= 11 is 1.21. The molecule has 2 heterocycles. The van der Waals surface area contributed by atoms with Crippen molar-refractivity contribution in [3.05, 3.63) is 80.4 Å². The van der Waals surface area contributed by atoms with Crippen molar-refractivity contribution in [1.29, 1.82) is 0 Å². The summed E-state index contributed by atoms with van der Waals surface area (Å²) < 4.78 is 25.5. The fraction of sp³-hybridized carbons (Fsp3) is 0.227. The van der Waals surface area contributed by atoms with Crippen LogP contribution >= 0.6 is 11.3 Å². The molecule has 31 heavy (non-hydrogen) atoms. The van der Waals surface area contributed by atoms with Gasteiger partial charge in [-0.1, -0.05) is 12.1 Å². The van der Waals surface area contributed by atoms with Crippen LogP contribution < -0.4 is 10.4 Å². The zero-order valence-corrected chi connectivity index (χ0v) is 17.6. The highest BCUT2D eigenvalue weighted by atomic mass is 32.1. The number of aromatic nitrogens is 3. The van der Waals surface area contributed by atoms with Crippen molar-refractivity contribution in [2.75, 3.05) is 6.61 Å². The highest BCUT2D eigenvalue weighted by Gasteiger charge is 2.17. The number of aromatic amines is 1. The van der Waals surface area contributed by atoms with E-state index in [-0.39, 0.29) is 24.7 Å². The van der Waals surface area contributed by atoms with Crippen LogP contribution in [0.2, 0.25) is 0 Å². The number of carbonyl (C=O) groups is 1. The maximum atomic E-state index is 13.0. The predicted octanol–water partition coefficient (Wildman–Crippen LogP) is 4.06. The van der Waals surface area contributed by atoms with Crippen LogP contribution in [0.15, 0.2) is 53.3 Å².